The normalized spacial score (nSPS) is 16.8. The summed E-state index contributed by atoms with van der Waals surface area (Å²) >= 11 is 0. The fourth-order valence-electron chi connectivity index (χ4n) is 2.47. The molecule has 0 bridgehead atoms. The molecule has 0 unspecified atom stereocenters. The summed E-state index contributed by atoms with van der Waals surface area (Å²) in [6, 6.07) is 3.73. The van der Waals surface area contributed by atoms with Gasteiger partial charge in [-0.2, -0.15) is 5.26 Å². The monoisotopic (exact) mass is 218 g/mol. The van der Waals surface area contributed by atoms with Crippen molar-refractivity contribution in [2.75, 3.05) is 0 Å². The maximum absolute atomic E-state index is 11.0. The van der Waals surface area contributed by atoms with Crippen molar-refractivity contribution >= 4 is 5.97 Å². The Hall–Kier alpha value is -1.76. The minimum Gasteiger partial charge on any atom is -0.477 e. The van der Waals surface area contributed by atoms with Crippen LogP contribution in [-0.4, -0.2) is 15.6 Å². The van der Waals surface area contributed by atoms with Crippen molar-refractivity contribution in [3.63, 3.8) is 0 Å². The molecular weight excluding hydrogens is 204 g/mol. The van der Waals surface area contributed by atoms with E-state index in [0.717, 1.165) is 24.1 Å². The number of carboxylic acid groups (broad SMARTS) is 1. The highest BCUT2D eigenvalue weighted by molar-refractivity contribution is 5.86. The molecule has 1 aromatic rings. The minimum absolute atomic E-state index is 0.118. The summed E-state index contributed by atoms with van der Waals surface area (Å²) < 4.78 is 1.63. The number of carboxylic acids is 1. The topological polar surface area (TPSA) is 66.0 Å². The first-order chi connectivity index (χ1) is 7.44. The Morgan fingerprint density at radius 3 is 2.88 bits per heavy atom. The molecule has 1 aromatic heterocycles. The highest BCUT2D eigenvalue weighted by Crippen LogP contribution is 2.37. The zero-order valence-corrected chi connectivity index (χ0v) is 9.45. The summed E-state index contributed by atoms with van der Waals surface area (Å²) in [5, 5.41) is 17.8. The van der Waals surface area contributed by atoms with Crippen molar-refractivity contribution in [1.82, 2.24) is 4.57 Å². The predicted octanol–water partition coefficient (Wildman–Crippen LogP) is 1.83. The molecule has 1 aliphatic rings. The molecule has 2 rings (SSSR count). The number of rotatable bonds is 2. The van der Waals surface area contributed by atoms with E-state index in [4.69, 9.17) is 10.4 Å². The van der Waals surface area contributed by atoms with Gasteiger partial charge in [-0.3, -0.25) is 0 Å². The van der Waals surface area contributed by atoms with E-state index in [9.17, 15) is 4.79 Å². The van der Waals surface area contributed by atoms with Crippen molar-refractivity contribution < 1.29 is 9.90 Å². The SMILES string of the molecule is CC1(C)Cc2cc(C(=O)O)n(CC#N)c2C1. The molecular formula is C12H14N2O2. The second kappa shape index (κ2) is 3.38. The van der Waals surface area contributed by atoms with Crippen LogP contribution in [0.3, 0.4) is 0 Å². The van der Waals surface area contributed by atoms with E-state index in [0.29, 0.717) is 0 Å². The first kappa shape index (κ1) is 10.7. The molecule has 0 fully saturated rings. The number of carbonyl (C=O) groups is 1. The van der Waals surface area contributed by atoms with Crippen LogP contribution >= 0.6 is 0 Å². The van der Waals surface area contributed by atoms with E-state index in [1.807, 2.05) is 6.07 Å². The Labute approximate surface area is 94.1 Å². The number of aromatic carboxylic acids is 1. The Balaban J connectivity index is 2.50. The van der Waals surface area contributed by atoms with E-state index in [2.05, 4.69) is 13.8 Å². The van der Waals surface area contributed by atoms with Crippen molar-refractivity contribution in [1.29, 1.82) is 5.26 Å². The standard InChI is InChI=1S/C12H14N2O2/c1-12(2)6-8-5-9(11(15)16)14(4-3-13)10(8)7-12/h5H,4,6-7H2,1-2H3,(H,15,16). The van der Waals surface area contributed by atoms with Crippen LogP contribution in [0.2, 0.25) is 0 Å². The summed E-state index contributed by atoms with van der Waals surface area (Å²) in [5.41, 5.74) is 2.52. The lowest BCUT2D eigenvalue weighted by atomic mass is 9.90. The van der Waals surface area contributed by atoms with Gasteiger partial charge in [0.1, 0.15) is 12.2 Å². The molecule has 0 aliphatic heterocycles. The maximum atomic E-state index is 11.0. The van der Waals surface area contributed by atoms with Gasteiger partial charge < -0.3 is 9.67 Å². The van der Waals surface area contributed by atoms with Gasteiger partial charge in [-0.25, -0.2) is 4.79 Å². The molecule has 0 radical (unpaired) electrons. The second-order valence-electron chi connectivity index (χ2n) is 5.07. The van der Waals surface area contributed by atoms with E-state index in [1.165, 1.54) is 0 Å². The first-order valence-corrected chi connectivity index (χ1v) is 5.26. The second-order valence-corrected chi connectivity index (χ2v) is 5.07. The molecule has 0 atom stereocenters. The van der Waals surface area contributed by atoms with Crippen molar-refractivity contribution in [3.05, 3.63) is 23.0 Å². The van der Waals surface area contributed by atoms with Crippen LogP contribution < -0.4 is 0 Å². The number of hydrogen-bond donors (Lipinski definition) is 1. The van der Waals surface area contributed by atoms with Gasteiger partial charge in [0.05, 0.1) is 6.07 Å². The van der Waals surface area contributed by atoms with Crippen molar-refractivity contribution in [3.8, 4) is 6.07 Å². The average Bonchev–Trinajstić information content (AvgIpc) is 2.60. The van der Waals surface area contributed by atoms with Crippen molar-refractivity contribution in [2.45, 2.75) is 33.2 Å². The van der Waals surface area contributed by atoms with Crippen LogP contribution in [-0.2, 0) is 19.4 Å². The lowest BCUT2D eigenvalue weighted by Gasteiger charge is -2.17. The average molecular weight is 218 g/mol. The summed E-state index contributed by atoms with van der Waals surface area (Å²) in [6.45, 7) is 4.43. The van der Waals surface area contributed by atoms with Crippen LogP contribution in [0.15, 0.2) is 6.07 Å². The Morgan fingerprint density at radius 2 is 2.31 bits per heavy atom. The van der Waals surface area contributed by atoms with E-state index in [1.54, 1.807) is 10.6 Å². The number of hydrogen-bond acceptors (Lipinski definition) is 2. The zero-order valence-electron chi connectivity index (χ0n) is 9.45. The molecule has 1 heterocycles. The van der Waals surface area contributed by atoms with E-state index < -0.39 is 5.97 Å². The molecule has 4 nitrogen and oxygen atoms in total. The molecule has 16 heavy (non-hydrogen) atoms. The lowest BCUT2D eigenvalue weighted by Crippen LogP contribution is -2.15. The maximum Gasteiger partial charge on any atom is 0.352 e. The molecule has 84 valence electrons. The number of fused-ring (bicyclic) bond motifs is 1. The molecule has 4 heteroatoms. The van der Waals surface area contributed by atoms with E-state index >= 15 is 0 Å². The van der Waals surface area contributed by atoms with E-state index in [-0.39, 0.29) is 17.7 Å². The fraction of sp³-hybridized carbons (Fsp3) is 0.500. The molecule has 0 amide bonds. The van der Waals surface area contributed by atoms with Gasteiger partial charge in [-0.1, -0.05) is 13.8 Å². The summed E-state index contributed by atoms with van der Waals surface area (Å²) in [6.07, 6.45) is 1.73. The van der Waals surface area contributed by atoms with Crippen LogP contribution in [0.5, 0.6) is 0 Å². The smallest absolute Gasteiger partial charge is 0.352 e. The van der Waals surface area contributed by atoms with Gasteiger partial charge in [0.15, 0.2) is 0 Å². The summed E-state index contributed by atoms with van der Waals surface area (Å²) in [7, 11) is 0. The van der Waals surface area contributed by atoms with Crippen LogP contribution in [0.25, 0.3) is 0 Å². The molecule has 1 N–H and O–H groups in total. The van der Waals surface area contributed by atoms with Gasteiger partial charge in [-0.05, 0) is 29.9 Å². The largest absolute Gasteiger partial charge is 0.477 e. The van der Waals surface area contributed by atoms with Gasteiger partial charge >= 0.3 is 5.97 Å². The Morgan fingerprint density at radius 1 is 1.62 bits per heavy atom. The molecule has 0 aromatic carbocycles. The first-order valence-electron chi connectivity index (χ1n) is 5.26. The molecule has 0 spiro atoms. The highest BCUT2D eigenvalue weighted by atomic mass is 16.4. The van der Waals surface area contributed by atoms with Crippen LogP contribution in [0, 0.1) is 16.7 Å². The molecule has 0 saturated heterocycles. The predicted molar refractivity (Wildman–Crippen MR) is 58.2 cm³/mol. The molecule has 0 saturated carbocycles. The minimum atomic E-state index is -0.956. The quantitative estimate of drug-likeness (QED) is 0.823. The number of aromatic nitrogens is 1. The number of nitrogens with zero attached hydrogens (tertiary/aromatic N) is 2. The third-order valence-corrected chi connectivity index (χ3v) is 3.06. The third-order valence-electron chi connectivity index (χ3n) is 3.06. The Kier molecular flexibility index (Phi) is 2.27. The highest BCUT2D eigenvalue weighted by Gasteiger charge is 2.33. The lowest BCUT2D eigenvalue weighted by molar-refractivity contribution is 0.0685. The zero-order chi connectivity index (χ0) is 11.9. The van der Waals surface area contributed by atoms with Gasteiger partial charge in [0.2, 0.25) is 0 Å². The molecule has 1 aliphatic carbocycles. The summed E-state index contributed by atoms with van der Waals surface area (Å²) in [4.78, 5) is 11.0. The third kappa shape index (κ3) is 1.58. The van der Waals surface area contributed by atoms with Crippen LogP contribution in [0.4, 0.5) is 0 Å². The van der Waals surface area contributed by atoms with Gasteiger partial charge in [0, 0.05) is 5.69 Å². The summed E-state index contributed by atoms with van der Waals surface area (Å²) in [5.74, 6) is -0.956. The fourth-order valence-corrected chi connectivity index (χ4v) is 2.47. The van der Waals surface area contributed by atoms with Gasteiger partial charge in [-0.15, -0.1) is 0 Å². The van der Waals surface area contributed by atoms with Gasteiger partial charge in [0.25, 0.3) is 0 Å². The van der Waals surface area contributed by atoms with Crippen LogP contribution in [0.1, 0.15) is 35.6 Å². The Bertz CT molecular complexity index is 492. The van der Waals surface area contributed by atoms with Crippen molar-refractivity contribution in [2.24, 2.45) is 5.41 Å². The number of nitriles is 1.